The van der Waals surface area contributed by atoms with Crippen LogP contribution < -0.4 is 10.6 Å². The fraction of sp³-hybridized carbons (Fsp3) is 0.333. The van der Waals surface area contributed by atoms with Crippen molar-refractivity contribution in [3.63, 3.8) is 0 Å². The van der Waals surface area contributed by atoms with Gasteiger partial charge in [-0.2, -0.15) is 0 Å². The lowest BCUT2D eigenvalue weighted by Gasteiger charge is -2.36. The third-order valence-corrected chi connectivity index (χ3v) is 8.06. The minimum atomic E-state index is -2.53. The first-order chi connectivity index (χ1) is 21.1. The average Bonchev–Trinajstić information content (AvgIpc) is 3.03. The second-order valence-corrected chi connectivity index (χ2v) is 11.4. The maximum absolute atomic E-state index is 13.6. The van der Waals surface area contributed by atoms with E-state index in [0.717, 1.165) is 12.8 Å². The Morgan fingerprint density at radius 1 is 0.864 bits per heavy atom. The molecule has 3 rings (SSSR count). The molecule has 0 fully saturated rings. The fourth-order valence-corrected chi connectivity index (χ4v) is 5.58. The lowest BCUT2D eigenvalue weighted by molar-refractivity contribution is -0.143. The number of benzene rings is 3. The van der Waals surface area contributed by atoms with Gasteiger partial charge < -0.3 is 25.7 Å². The number of rotatable bonds is 16. The van der Waals surface area contributed by atoms with Gasteiger partial charge in [0, 0.05) is 29.9 Å². The van der Waals surface area contributed by atoms with E-state index in [1.165, 1.54) is 12.1 Å². The lowest BCUT2D eigenvalue weighted by Crippen LogP contribution is -2.57. The van der Waals surface area contributed by atoms with Crippen molar-refractivity contribution in [1.82, 2.24) is 10.2 Å². The Morgan fingerprint density at radius 3 is 2.02 bits per heavy atom. The van der Waals surface area contributed by atoms with E-state index in [-0.39, 0.29) is 17.9 Å². The predicted molar refractivity (Wildman–Crippen MR) is 168 cm³/mol. The summed E-state index contributed by atoms with van der Waals surface area (Å²) >= 11 is 0. The molecule has 0 saturated carbocycles. The molecule has 0 aromatic heterocycles. The summed E-state index contributed by atoms with van der Waals surface area (Å²) in [6.07, 6.45) is 0.609. The molecule has 11 heteroatoms. The molecule has 0 bridgehead atoms. The highest BCUT2D eigenvalue weighted by Gasteiger charge is 2.50. The van der Waals surface area contributed by atoms with Crippen LogP contribution in [0.5, 0.6) is 0 Å². The zero-order valence-electron chi connectivity index (χ0n) is 24.8. The number of carbonyl (C=O) groups is 4. The summed E-state index contributed by atoms with van der Waals surface area (Å²) in [6.45, 7) is 5.07. The molecule has 3 aromatic rings. The zero-order chi connectivity index (χ0) is 32.1. The Hall–Kier alpha value is -4.40. The normalized spacial score (nSPS) is 13.7. The monoisotopic (exact) mass is 619 g/mol. The molecule has 0 saturated heterocycles. The molecule has 44 heavy (non-hydrogen) atoms. The van der Waals surface area contributed by atoms with Gasteiger partial charge >= 0.3 is 5.97 Å². The van der Waals surface area contributed by atoms with Crippen molar-refractivity contribution in [3.05, 3.63) is 102 Å². The van der Waals surface area contributed by atoms with Crippen LogP contribution in [-0.2, 0) is 20.6 Å². The quantitative estimate of drug-likeness (QED) is 0.165. The number of nitrogens with one attached hydrogen (secondary N) is 2. The molecule has 0 spiro atoms. The van der Waals surface area contributed by atoms with Gasteiger partial charge in [0.25, 0.3) is 11.8 Å². The number of aliphatic carboxylic acids is 1. The Labute approximate surface area is 258 Å². The van der Waals surface area contributed by atoms with Gasteiger partial charge in [-0.3, -0.25) is 23.7 Å². The summed E-state index contributed by atoms with van der Waals surface area (Å²) in [5, 5.41) is 24.3. The summed E-state index contributed by atoms with van der Waals surface area (Å²) in [7, 11) is -0.963. The molecule has 0 heterocycles. The smallest absolute Gasteiger partial charge is 0.304 e. The lowest BCUT2D eigenvalue weighted by atomic mass is 9.87. The fourth-order valence-electron chi connectivity index (χ4n) is 4.96. The van der Waals surface area contributed by atoms with Gasteiger partial charge in [-0.25, -0.2) is 0 Å². The number of carboxylic acid groups (broad SMARTS) is 1. The van der Waals surface area contributed by atoms with Crippen LogP contribution in [0, 0.1) is 5.92 Å². The summed E-state index contributed by atoms with van der Waals surface area (Å²) < 4.78 is 12.8. The van der Waals surface area contributed by atoms with E-state index in [9.17, 15) is 34.0 Å². The van der Waals surface area contributed by atoms with Crippen molar-refractivity contribution in [2.24, 2.45) is 5.92 Å². The topological polar surface area (TPSA) is 153 Å². The number of amides is 3. The molecule has 4 N–H and O–H groups in total. The largest absolute Gasteiger partial charge is 0.481 e. The second-order valence-electron chi connectivity index (χ2n) is 10.5. The summed E-state index contributed by atoms with van der Waals surface area (Å²) in [5.74, 6) is -4.93. The summed E-state index contributed by atoms with van der Waals surface area (Å²) in [6, 6.07) is 21.7. The van der Waals surface area contributed by atoms with Crippen molar-refractivity contribution in [1.29, 1.82) is 0 Å². The number of carboxylic acids is 1. The van der Waals surface area contributed by atoms with E-state index in [1.807, 2.05) is 13.8 Å². The summed E-state index contributed by atoms with van der Waals surface area (Å²) in [4.78, 5) is 53.9. The first-order valence-corrected chi connectivity index (χ1v) is 15.3. The highest BCUT2D eigenvalue weighted by molar-refractivity contribution is 7.25. The van der Waals surface area contributed by atoms with Crippen LogP contribution in [-0.4, -0.2) is 63.3 Å². The van der Waals surface area contributed by atoms with Crippen molar-refractivity contribution in [2.45, 2.75) is 50.9 Å². The van der Waals surface area contributed by atoms with Crippen LogP contribution in [0.1, 0.15) is 59.4 Å². The van der Waals surface area contributed by atoms with Crippen molar-refractivity contribution < 1.29 is 34.0 Å². The molecule has 3 atom stereocenters. The average molecular weight is 620 g/mol. The maximum atomic E-state index is 13.6. The van der Waals surface area contributed by atoms with Gasteiger partial charge in [0.1, 0.15) is 0 Å². The predicted octanol–water partition coefficient (Wildman–Crippen LogP) is 5.00. The molecule has 0 radical (unpaired) electrons. The molecule has 3 amide bonds. The minimum Gasteiger partial charge on any atom is -0.481 e. The van der Waals surface area contributed by atoms with Crippen molar-refractivity contribution in [3.8, 4) is 0 Å². The molecule has 0 aliphatic heterocycles. The van der Waals surface area contributed by atoms with Crippen molar-refractivity contribution >= 4 is 37.8 Å². The number of nitrogens with zero attached hydrogens (tertiary/aromatic N) is 1. The van der Waals surface area contributed by atoms with Crippen LogP contribution in [0.3, 0.4) is 0 Å². The minimum absolute atomic E-state index is 0.0769. The zero-order valence-corrected chi connectivity index (χ0v) is 25.7. The van der Waals surface area contributed by atoms with Gasteiger partial charge in [0.15, 0.2) is 13.8 Å². The Bertz CT molecular complexity index is 1430. The Kier molecular flexibility index (Phi) is 12.7. The van der Waals surface area contributed by atoms with Gasteiger partial charge in [-0.05, 0) is 55.2 Å². The van der Waals surface area contributed by atoms with Gasteiger partial charge in [0.05, 0.1) is 18.4 Å². The van der Waals surface area contributed by atoms with Gasteiger partial charge in [-0.1, -0.05) is 68.4 Å². The highest BCUT2D eigenvalue weighted by atomic mass is 31.1. The first-order valence-electron chi connectivity index (χ1n) is 14.5. The molecule has 3 unspecified atom stereocenters. The standard InChI is InChI=1S/C33H38N3O7P/c1-3-18-36(19-4-2)32(41)25-15-11-14-24(21-25)30(39)35-28(20-23-12-7-5-8-13-23)33(42,44-43)27(22-29(37)38)31(40)34-26-16-9-6-10-17-26/h5-17,21,27-28,42H,3-4,18-20,22H2,1-2H3,(H,34,40)(H,35,39)(H,37,38). The van der Waals surface area contributed by atoms with Gasteiger partial charge in [-0.15, -0.1) is 0 Å². The number of anilines is 1. The molecule has 0 aliphatic rings. The summed E-state index contributed by atoms with van der Waals surface area (Å²) in [5.41, 5.74) is 1.40. The Balaban J connectivity index is 2.00. The molecular weight excluding hydrogens is 581 g/mol. The number of hydrogen-bond donors (Lipinski definition) is 4. The molecular formula is C33H38N3O7P. The third-order valence-electron chi connectivity index (χ3n) is 7.14. The SMILES string of the molecule is CCCN(CCC)C(=O)c1cccc(C(=O)NC(Cc2ccccc2)C(O)(P=O)C(CC(=O)O)C(=O)Nc2ccccc2)c1. The van der Waals surface area contributed by atoms with Gasteiger partial charge in [0.2, 0.25) is 5.91 Å². The van der Waals surface area contributed by atoms with Crippen molar-refractivity contribution in [2.75, 3.05) is 18.4 Å². The Morgan fingerprint density at radius 2 is 1.45 bits per heavy atom. The third kappa shape index (κ3) is 9.05. The molecule has 0 aliphatic carbocycles. The maximum Gasteiger partial charge on any atom is 0.304 e. The van der Waals surface area contributed by atoms with Crippen LogP contribution >= 0.6 is 8.46 Å². The van der Waals surface area contributed by atoms with E-state index in [0.29, 0.717) is 29.9 Å². The second kappa shape index (κ2) is 16.4. The van der Waals surface area contributed by atoms with E-state index in [1.54, 1.807) is 77.7 Å². The van der Waals surface area contributed by atoms with E-state index >= 15 is 0 Å². The van der Waals surface area contributed by atoms with Crippen LogP contribution in [0.15, 0.2) is 84.9 Å². The number of carbonyl (C=O) groups excluding carboxylic acids is 3. The highest BCUT2D eigenvalue weighted by Crippen LogP contribution is 2.37. The van der Waals surface area contributed by atoms with E-state index in [4.69, 9.17) is 0 Å². The van der Waals surface area contributed by atoms with E-state index < -0.39 is 50.0 Å². The number of hydrogen-bond acceptors (Lipinski definition) is 6. The first kappa shape index (κ1) is 34.1. The van der Waals surface area contributed by atoms with Crippen LogP contribution in [0.4, 0.5) is 5.69 Å². The number of aliphatic hydroxyl groups is 1. The van der Waals surface area contributed by atoms with Crippen LogP contribution in [0.2, 0.25) is 0 Å². The molecule has 10 nitrogen and oxygen atoms in total. The molecule has 232 valence electrons. The molecule has 3 aromatic carbocycles. The number of para-hydroxylation sites is 1. The van der Waals surface area contributed by atoms with Crippen LogP contribution in [0.25, 0.3) is 0 Å². The van der Waals surface area contributed by atoms with E-state index in [2.05, 4.69) is 10.6 Å².